The first-order valence-electron chi connectivity index (χ1n) is 8.94. The van der Waals surface area contributed by atoms with Gasteiger partial charge in [0.05, 0.1) is 25.8 Å². The molecule has 1 aromatic heterocycles. The zero-order chi connectivity index (χ0) is 20.3. The summed E-state index contributed by atoms with van der Waals surface area (Å²) in [5.41, 5.74) is 0.530. The average Bonchev–Trinajstić information content (AvgIpc) is 3.15. The number of thiophene rings is 1. The number of benzene rings is 1. The van der Waals surface area contributed by atoms with E-state index in [0.717, 1.165) is 4.88 Å². The van der Waals surface area contributed by atoms with Crippen molar-refractivity contribution in [2.75, 3.05) is 32.6 Å². The van der Waals surface area contributed by atoms with Crippen LogP contribution >= 0.6 is 11.3 Å². The number of sulfonamides is 1. The van der Waals surface area contributed by atoms with E-state index >= 15 is 0 Å². The van der Waals surface area contributed by atoms with Gasteiger partial charge in [-0.15, -0.1) is 11.3 Å². The molecule has 1 aliphatic heterocycles. The van der Waals surface area contributed by atoms with Gasteiger partial charge in [-0.3, -0.25) is 4.79 Å². The average molecular weight is 425 g/mol. The van der Waals surface area contributed by atoms with Crippen molar-refractivity contribution in [1.82, 2.24) is 4.31 Å². The van der Waals surface area contributed by atoms with E-state index in [1.807, 2.05) is 6.92 Å². The summed E-state index contributed by atoms with van der Waals surface area (Å²) in [6.45, 7) is 2.47. The van der Waals surface area contributed by atoms with Crippen LogP contribution in [-0.4, -0.2) is 45.9 Å². The Morgan fingerprint density at radius 1 is 1.21 bits per heavy atom. The Bertz CT molecular complexity index is 955. The van der Waals surface area contributed by atoms with E-state index < -0.39 is 15.9 Å². The van der Waals surface area contributed by atoms with Gasteiger partial charge in [0.2, 0.25) is 5.91 Å². The lowest BCUT2D eigenvalue weighted by atomic mass is 9.98. The summed E-state index contributed by atoms with van der Waals surface area (Å²) in [5.74, 6) is 0.472. The lowest BCUT2D eigenvalue weighted by Gasteiger charge is -2.30. The number of amides is 1. The van der Waals surface area contributed by atoms with Crippen molar-refractivity contribution in [1.29, 1.82) is 0 Å². The second-order valence-electron chi connectivity index (χ2n) is 6.62. The normalized spacial score (nSPS) is 17.9. The number of nitrogens with zero attached hydrogens (tertiary/aromatic N) is 1. The molecule has 2 heterocycles. The number of aryl methyl sites for hydroxylation is 1. The molecule has 0 aliphatic carbocycles. The number of rotatable bonds is 6. The number of anilines is 1. The Labute approximate surface area is 169 Å². The van der Waals surface area contributed by atoms with Crippen LogP contribution in [0, 0.1) is 12.8 Å². The summed E-state index contributed by atoms with van der Waals surface area (Å²) in [4.78, 5) is 13.7. The molecule has 2 aromatic rings. The Hall–Kier alpha value is -2.10. The van der Waals surface area contributed by atoms with E-state index in [0.29, 0.717) is 40.8 Å². The van der Waals surface area contributed by atoms with Gasteiger partial charge in [0.25, 0.3) is 10.0 Å². The molecule has 1 fully saturated rings. The first kappa shape index (κ1) is 20.6. The molecule has 9 heteroatoms. The van der Waals surface area contributed by atoms with Crippen LogP contribution in [0.1, 0.15) is 17.7 Å². The van der Waals surface area contributed by atoms with Crippen LogP contribution in [0.5, 0.6) is 11.5 Å². The van der Waals surface area contributed by atoms with Crippen molar-refractivity contribution < 1.29 is 22.7 Å². The van der Waals surface area contributed by atoms with Crippen molar-refractivity contribution in [2.45, 2.75) is 24.0 Å². The summed E-state index contributed by atoms with van der Waals surface area (Å²) < 4.78 is 37.9. The lowest BCUT2D eigenvalue weighted by Crippen LogP contribution is -2.43. The maximum atomic E-state index is 12.9. The number of carbonyl (C=O) groups is 1. The smallest absolute Gasteiger partial charge is 0.252 e. The van der Waals surface area contributed by atoms with E-state index in [1.165, 1.54) is 22.8 Å². The van der Waals surface area contributed by atoms with Crippen LogP contribution in [0.15, 0.2) is 34.5 Å². The molecule has 28 heavy (non-hydrogen) atoms. The van der Waals surface area contributed by atoms with E-state index in [4.69, 9.17) is 9.47 Å². The SMILES string of the molecule is COc1ccc(NC(=O)C2CCCN(S(=O)(=O)c3ccc(C)s3)C2)c(OC)c1. The number of methoxy groups -OCH3 is 2. The molecule has 1 saturated heterocycles. The third-order valence-electron chi connectivity index (χ3n) is 4.73. The fourth-order valence-electron chi connectivity index (χ4n) is 3.19. The number of nitrogens with one attached hydrogen (secondary N) is 1. The van der Waals surface area contributed by atoms with Crippen molar-refractivity contribution in [3.8, 4) is 11.5 Å². The van der Waals surface area contributed by atoms with Gasteiger partial charge in [0.15, 0.2) is 0 Å². The van der Waals surface area contributed by atoms with Crippen molar-refractivity contribution in [2.24, 2.45) is 5.92 Å². The molecule has 1 unspecified atom stereocenters. The number of hydrogen-bond acceptors (Lipinski definition) is 6. The molecule has 1 aliphatic rings. The van der Waals surface area contributed by atoms with Crippen molar-refractivity contribution in [3.63, 3.8) is 0 Å². The third kappa shape index (κ3) is 4.31. The quantitative estimate of drug-likeness (QED) is 0.770. The minimum atomic E-state index is -3.57. The third-order valence-corrected chi connectivity index (χ3v) is 8.06. The molecule has 0 saturated carbocycles. The molecule has 0 radical (unpaired) electrons. The first-order chi connectivity index (χ1) is 13.3. The monoisotopic (exact) mass is 424 g/mol. The van der Waals surface area contributed by atoms with E-state index in [1.54, 1.807) is 37.4 Å². The molecule has 1 amide bonds. The van der Waals surface area contributed by atoms with Crippen LogP contribution in [0.2, 0.25) is 0 Å². The highest BCUT2D eigenvalue weighted by Gasteiger charge is 2.34. The number of ether oxygens (including phenoxy) is 2. The minimum absolute atomic E-state index is 0.170. The van der Waals surface area contributed by atoms with Gasteiger partial charge in [-0.2, -0.15) is 4.31 Å². The number of piperidine rings is 1. The zero-order valence-corrected chi connectivity index (χ0v) is 17.7. The predicted molar refractivity (Wildman–Crippen MR) is 109 cm³/mol. The zero-order valence-electron chi connectivity index (χ0n) is 16.1. The fraction of sp³-hybridized carbons (Fsp3) is 0.421. The Morgan fingerprint density at radius 3 is 2.64 bits per heavy atom. The lowest BCUT2D eigenvalue weighted by molar-refractivity contribution is -0.120. The fourth-order valence-corrected chi connectivity index (χ4v) is 6.15. The van der Waals surface area contributed by atoms with Gasteiger partial charge >= 0.3 is 0 Å². The highest BCUT2D eigenvalue weighted by atomic mass is 32.2. The molecular weight excluding hydrogens is 400 g/mol. The molecule has 1 aromatic carbocycles. The Kier molecular flexibility index (Phi) is 6.26. The molecule has 0 bridgehead atoms. The van der Waals surface area contributed by atoms with Gasteiger partial charge in [-0.1, -0.05) is 0 Å². The summed E-state index contributed by atoms with van der Waals surface area (Å²) >= 11 is 1.25. The Balaban J connectivity index is 1.73. The molecule has 1 atom stereocenters. The molecular formula is C19H24N2O5S2. The van der Waals surface area contributed by atoms with Gasteiger partial charge < -0.3 is 14.8 Å². The standard InChI is InChI=1S/C19H24N2O5S2/c1-13-6-9-18(27-13)28(23,24)21-10-4-5-14(12-21)19(22)20-16-8-7-15(25-2)11-17(16)26-3/h6-9,11,14H,4-5,10,12H2,1-3H3,(H,20,22). The maximum absolute atomic E-state index is 12.9. The molecule has 0 spiro atoms. The van der Waals surface area contributed by atoms with Crippen LogP contribution in [0.4, 0.5) is 5.69 Å². The van der Waals surface area contributed by atoms with Crippen LogP contribution in [0.25, 0.3) is 0 Å². The Morgan fingerprint density at radius 2 is 2.00 bits per heavy atom. The highest BCUT2D eigenvalue weighted by Crippen LogP contribution is 2.31. The van der Waals surface area contributed by atoms with Crippen LogP contribution in [-0.2, 0) is 14.8 Å². The first-order valence-corrected chi connectivity index (χ1v) is 11.2. The molecule has 152 valence electrons. The van der Waals surface area contributed by atoms with E-state index in [-0.39, 0.29) is 12.5 Å². The predicted octanol–water partition coefficient (Wildman–Crippen LogP) is 3.11. The van der Waals surface area contributed by atoms with Gasteiger partial charge in [0, 0.05) is 24.0 Å². The second-order valence-corrected chi connectivity index (χ2v) is 10.1. The second kappa shape index (κ2) is 8.50. The van der Waals surface area contributed by atoms with Crippen LogP contribution in [0.3, 0.4) is 0 Å². The van der Waals surface area contributed by atoms with Gasteiger partial charge in [-0.05, 0) is 44.0 Å². The van der Waals surface area contributed by atoms with Crippen molar-refractivity contribution in [3.05, 3.63) is 35.2 Å². The summed E-state index contributed by atoms with van der Waals surface area (Å²) in [6.07, 6.45) is 1.28. The van der Waals surface area contributed by atoms with Gasteiger partial charge in [-0.25, -0.2) is 8.42 Å². The number of carbonyl (C=O) groups excluding carboxylic acids is 1. The molecule has 7 nitrogen and oxygen atoms in total. The highest BCUT2D eigenvalue weighted by molar-refractivity contribution is 7.91. The summed E-state index contributed by atoms with van der Waals surface area (Å²) in [7, 11) is -0.501. The topological polar surface area (TPSA) is 84.9 Å². The van der Waals surface area contributed by atoms with Crippen molar-refractivity contribution >= 4 is 33.0 Å². The van der Waals surface area contributed by atoms with E-state index in [2.05, 4.69) is 5.32 Å². The van der Waals surface area contributed by atoms with E-state index in [9.17, 15) is 13.2 Å². The van der Waals surface area contributed by atoms with Crippen LogP contribution < -0.4 is 14.8 Å². The van der Waals surface area contributed by atoms with Gasteiger partial charge in [0.1, 0.15) is 15.7 Å². The number of hydrogen-bond donors (Lipinski definition) is 1. The summed E-state index contributed by atoms with van der Waals surface area (Å²) in [5, 5.41) is 2.86. The largest absolute Gasteiger partial charge is 0.497 e. The molecule has 3 rings (SSSR count). The summed E-state index contributed by atoms with van der Waals surface area (Å²) in [6, 6.07) is 8.55. The minimum Gasteiger partial charge on any atom is -0.497 e. The molecule has 1 N–H and O–H groups in total. The maximum Gasteiger partial charge on any atom is 0.252 e.